The van der Waals surface area contributed by atoms with Crippen LogP contribution in [0.5, 0.6) is 0 Å². The van der Waals surface area contributed by atoms with Gasteiger partial charge >= 0.3 is 0 Å². The van der Waals surface area contributed by atoms with Crippen LogP contribution >= 0.6 is 92.8 Å². The number of benzene rings is 4. The predicted molar refractivity (Wildman–Crippen MR) is 313 cm³/mol. The van der Waals surface area contributed by atoms with Crippen LogP contribution in [0.25, 0.3) is 0 Å². The van der Waals surface area contributed by atoms with E-state index in [1.165, 1.54) is 18.4 Å². The monoisotopic (exact) mass is 1180 g/mol. The van der Waals surface area contributed by atoms with Crippen molar-refractivity contribution in [2.45, 2.75) is 149 Å². The fourth-order valence-electron chi connectivity index (χ4n) is 10.8. The second kappa shape index (κ2) is 30.5. The summed E-state index contributed by atoms with van der Waals surface area (Å²) in [4.78, 5) is 13.7. The average molecular weight is 1180 g/mol. The summed E-state index contributed by atoms with van der Waals surface area (Å²) in [5, 5.41) is 46.4. The van der Waals surface area contributed by atoms with Crippen molar-refractivity contribution in [1.82, 2.24) is 15.5 Å². The second-order valence-corrected chi connectivity index (χ2v) is 23.3. The van der Waals surface area contributed by atoms with E-state index in [1.807, 2.05) is 56.6 Å². The summed E-state index contributed by atoms with van der Waals surface area (Å²) < 4.78 is 0. The molecule has 0 amide bonds. The zero-order chi connectivity index (χ0) is 55.6. The van der Waals surface area contributed by atoms with Crippen molar-refractivity contribution in [1.29, 1.82) is 15.8 Å². The quantitative estimate of drug-likeness (QED) is 0.128. The molecule has 4 aromatic carbocycles. The molecule has 0 saturated heterocycles. The van der Waals surface area contributed by atoms with Crippen molar-refractivity contribution in [2.75, 3.05) is 41.3 Å². The zero-order valence-corrected chi connectivity index (χ0v) is 49.7. The van der Waals surface area contributed by atoms with Crippen molar-refractivity contribution in [3.8, 4) is 18.2 Å². The lowest BCUT2D eigenvalue weighted by atomic mass is 9.68. The van der Waals surface area contributed by atoms with Gasteiger partial charge in [0.1, 0.15) is 5.78 Å². The van der Waals surface area contributed by atoms with Crippen LogP contribution in [-0.2, 0) is 26.5 Å². The second-order valence-electron chi connectivity index (χ2n) is 20.1. The first-order chi connectivity index (χ1) is 35.8. The first-order valence-corrected chi connectivity index (χ1v) is 28.6. The van der Waals surface area contributed by atoms with Gasteiger partial charge in [-0.25, -0.2) is 0 Å². The number of nitrogens with one attached hydrogen (secondary N) is 2. The zero-order valence-electron chi connectivity index (χ0n) is 43.6. The Kier molecular flexibility index (Phi) is 26.3. The Labute approximate surface area is 486 Å². The number of nitrogens with zero attached hydrogens (tertiary/aromatic N) is 4. The number of halogens is 8. The number of aliphatic hydroxyl groups is 1. The summed E-state index contributed by atoms with van der Waals surface area (Å²) in [5.74, 6) is 0.232. The van der Waals surface area contributed by atoms with E-state index in [9.17, 15) is 20.6 Å². The van der Waals surface area contributed by atoms with Crippen LogP contribution in [-0.4, -0.2) is 75.3 Å². The number of carbonyl (C=O) groups excluding carboxylic acids is 1. The minimum atomic E-state index is -0.581. The van der Waals surface area contributed by atoms with Crippen LogP contribution in [0.1, 0.15) is 132 Å². The predicted octanol–water partition coefficient (Wildman–Crippen LogP) is 15.4. The molecule has 4 aliphatic rings. The summed E-state index contributed by atoms with van der Waals surface area (Å²) in [6, 6.07) is 31.4. The fraction of sp³-hybridized carbons (Fsp3) is 0.517. The van der Waals surface area contributed by atoms with Gasteiger partial charge in [0, 0.05) is 50.0 Å². The number of hydrogen-bond acceptors (Lipinski definition) is 9. The van der Waals surface area contributed by atoms with Crippen LogP contribution in [0, 0.1) is 34.0 Å². The molecule has 4 saturated carbocycles. The number of rotatable bonds is 9. The smallest absolute Gasteiger partial charge is 0.133 e. The van der Waals surface area contributed by atoms with Crippen molar-refractivity contribution in [2.24, 2.45) is 5.73 Å². The van der Waals surface area contributed by atoms with E-state index in [4.69, 9.17) is 104 Å². The fourth-order valence-corrected chi connectivity index (χ4v) is 12.0. The highest BCUT2D eigenvalue weighted by molar-refractivity contribution is 6.43. The number of nitrogens with two attached hydrogens (primary N) is 1. The maximum absolute atomic E-state index is 11.3. The molecule has 8 rings (SSSR count). The molecule has 0 unspecified atom stereocenters. The van der Waals surface area contributed by atoms with E-state index < -0.39 is 16.2 Å². The minimum Gasteiger partial charge on any atom is -0.400 e. The van der Waals surface area contributed by atoms with Gasteiger partial charge in [0.2, 0.25) is 0 Å². The topological polar surface area (TPSA) is 162 Å². The number of carbonyl (C=O) groups is 1. The number of ketones is 1. The van der Waals surface area contributed by atoms with Crippen LogP contribution in [0.4, 0.5) is 0 Å². The maximum Gasteiger partial charge on any atom is 0.133 e. The maximum atomic E-state index is 11.3. The Morgan fingerprint density at radius 1 is 0.533 bits per heavy atom. The molecule has 17 heteroatoms. The minimum absolute atomic E-state index is 0.0688. The molecule has 0 spiro atoms. The van der Waals surface area contributed by atoms with Gasteiger partial charge in [0.05, 0.1) is 74.6 Å². The van der Waals surface area contributed by atoms with Crippen molar-refractivity contribution < 1.29 is 9.90 Å². The molecular formula is C58H71Cl8N7O2. The van der Waals surface area contributed by atoms with E-state index >= 15 is 0 Å². The standard InChI is InChI=1S/C16H24Cl2N2.2C14H16Cl2N2.C13H11Cl2NO.CH4O/c1-3-20(2)13-6-8-16(11-19,9-7-13)12-4-5-14(17)15(18)10-12;2*1-18-11-4-6-14(9-17,7-5-11)10-2-3-12(15)13(16)8-10;14-11-2-1-9(7-12(11)15)13(8-16)5-3-10(17)4-6-13;1-2/h4-5,10,13H,3,6-9,11,19H2,1-2H3;2*2-3,8,11,18H,4-7H2,1H3;1-2,7H,3-6H2;2H,1H3. The Hall–Kier alpha value is -2.86. The van der Waals surface area contributed by atoms with Crippen LogP contribution in [0.2, 0.25) is 40.2 Å². The SMILES string of the molecule is CCN(C)C1CCC(CN)(c2ccc(Cl)c(Cl)c2)CC1.CNC1CCC(C#N)(c2ccc(Cl)c(Cl)c2)CC1.CNC1CCC(C#N)(c2ccc(Cl)c(Cl)c2)CC1.CO.N#CC1(c2ccc(Cl)c(Cl)c2)CCC(=O)CC1. The highest BCUT2D eigenvalue weighted by Gasteiger charge is 2.40. The molecule has 0 heterocycles. The molecule has 4 aromatic rings. The Morgan fingerprint density at radius 2 is 0.840 bits per heavy atom. The molecule has 4 aliphatic carbocycles. The van der Waals surface area contributed by atoms with E-state index in [-0.39, 0.29) is 11.2 Å². The Morgan fingerprint density at radius 3 is 1.12 bits per heavy atom. The molecule has 0 radical (unpaired) electrons. The first kappa shape index (κ1) is 64.7. The highest BCUT2D eigenvalue weighted by Crippen LogP contribution is 2.44. The Balaban J connectivity index is 0.000000214. The Bertz CT molecular complexity index is 2530. The summed E-state index contributed by atoms with van der Waals surface area (Å²) in [6.07, 6.45) is 14.3. The summed E-state index contributed by atoms with van der Waals surface area (Å²) >= 11 is 48.0. The van der Waals surface area contributed by atoms with Gasteiger partial charge in [-0.2, -0.15) is 15.8 Å². The third-order valence-corrected chi connectivity index (χ3v) is 19.1. The van der Waals surface area contributed by atoms with Crippen LogP contribution in [0.15, 0.2) is 72.8 Å². The van der Waals surface area contributed by atoms with Crippen molar-refractivity contribution in [3.63, 3.8) is 0 Å². The normalized spacial score (nSPS) is 24.9. The van der Waals surface area contributed by atoms with E-state index in [0.29, 0.717) is 90.5 Å². The lowest BCUT2D eigenvalue weighted by Crippen LogP contribution is -2.44. The summed E-state index contributed by atoms with van der Waals surface area (Å²) in [7, 11) is 7.16. The molecule has 4 fully saturated rings. The molecule has 0 atom stereocenters. The van der Waals surface area contributed by atoms with E-state index in [2.05, 4.69) is 53.8 Å². The van der Waals surface area contributed by atoms with Gasteiger partial charge in [0.25, 0.3) is 0 Å². The van der Waals surface area contributed by atoms with Crippen molar-refractivity contribution in [3.05, 3.63) is 135 Å². The first-order valence-electron chi connectivity index (χ1n) is 25.6. The third-order valence-electron chi connectivity index (χ3n) is 16.2. The lowest BCUT2D eigenvalue weighted by molar-refractivity contribution is -0.120. The highest BCUT2D eigenvalue weighted by atomic mass is 35.5. The largest absolute Gasteiger partial charge is 0.400 e. The van der Waals surface area contributed by atoms with Gasteiger partial charge in [0.15, 0.2) is 0 Å². The van der Waals surface area contributed by atoms with Gasteiger partial charge in [-0.15, -0.1) is 0 Å². The number of aliphatic hydroxyl groups excluding tert-OH is 1. The average Bonchev–Trinajstić information content (AvgIpc) is 3.45. The van der Waals surface area contributed by atoms with Crippen LogP contribution < -0.4 is 16.4 Å². The summed E-state index contributed by atoms with van der Waals surface area (Å²) in [5.41, 5.74) is 8.90. The molecule has 0 aliphatic heterocycles. The van der Waals surface area contributed by atoms with Gasteiger partial charge < -0.3 is 26.4 Å². The molecule has 5 N–H and O–H groups in total. The number of hydrogen-bond donors (Lipinski definition) is 4. The number of Topliss-reactive ketones (excluding diaryl/α,β-unsaturated/α-hetero) is 1. The van der Waals surface area contributed by atoms with E-state index in [0.717, 1.165) is 94.6 Å². The molecule has 0 bridgehead atoms. The molecule has 0 aromatic heterocycles. The number of nitriles is 3. The molecular weight excluding hydrogens is 1110 g/mol. The van der Waals surface area contributed by atoms with Gasteiger partial charge in [-0.1, -0.05) is 124 Å². The molecule has 75 heavy (non-hydrogen) atoms. The van der Waals surface area contributed by atoms with Crippen LogP contribution in [0.3, 0.4) is 0 Å². The lowest BCUT2D eigenvalue weighted by Gasteiger charge is -2.42. The molecule has 9 nitrogen and oxygen atoms in total. The third kappa shape index (κ3) is 16.6. The molecule has 406 valence electrons. The van der Waals surface area contributed by atoms with Gasteiger partial charge in [-0.3, -0.25) is 4.79 Å². The summed E-state index contributed by atoms with van der Waals surface area (Å²) in [6.45, 7) is 3.99. The van der Waals surface area contributed by atoms with Crippen molar-refractivity contribution >= 4 is 98.6 Å². The van der Waals surface area contributed by atoms with E-state index in [1.54, 1.807) is 24.3 Å². The van der Waals surface area contributed by atoms with Gasteiger partial charge in [-0.05, 0) is 188 Å².